The summed E-state index contributed by atoms with van der Waals surface area (Å²) in [5.41, 5.74) is 1.20. The number of carbonyl (C=O) groups is 2. The lowest BCUT2D eigenvalue weighted by molar-refractivity contribution is -0.126. The van der Waals surface area contributed by atoms with Gasteiger partial charge in [-0.15, -0.1) is 0 Å². The lowest BCUT2D eigenvalue weighted by Gasteiger charge is -2.16. The predicted molar refractivity (Wildman–Crippen MR) is 132 cm³/mol. The second-order valence-corrected chi connectivity index (χ2v) is 8.38. The van der Waals surface area contributed by atoms with Crippen LogP contribution in [0.2, 0.25) is 0 Å². The van der Waals surface area contributed by atoms with E-state index in [1.54, 1.807) is 36.4 Å². The van der Waals surface area contributed by atoms with Gasteiger partial charge in [-0.2, -0.15) is 0 Å². The van der Waals surface area contributed by atoms with Gasteiger partial charge >= 0.3 is 0 Å². The largest absolute Gasteiger partial charge is 0.493 e. The molecule has 0 radical (unpaired) electrons. The van der Waals surface area contributed by atoms with Gasteiger partial charge in [0.2, 0.25) is 11.7 Å². The minimum atomic E-state index is -0.382. The molecule has 1 aliphatic rings. The van der Waals surface area contributed by atoms with E-state index in [0.29, 0.717) is 50.1 Å². The third-order valence-corrected chi connectivity index (χ3v) is 6.00. The van der Waals surface area contributed by atoms with Crippen LogP contribution < -0.4 is 24.3 Å². The molecule has 1 saturated heterocycles. The maximum atomic E-state index is 13.0. The molecule has 0 spiro atoms. The Morgan fingerprint density at radius 2 is 1.76 bits per heavy atom. The first-order valence-corrected chi connectivity index (χ1v) is 11.2. The summed E-state index contributed by atoms with van der Waals surface area (Å²) >= 11 is 6.48. The van der Waals surface area contributed by atoms with Crippen molar-refractivity contribution in [1.29, 1.82) is 0 Å². The van der Waals surface area contributed by atoms with Gasteiger partial charge in [0, 0.05) is 0 Å². The highest BCUT2D eigenvalue weighted by molar-refractivity contribution is 8.26. The third kappa shape index (κ3) is 5.58. The number of nitrogens with zero attached hydrogens (tertiary/aromatic N) is 1. The maximum absolute atomic E-state index is 13.0. The van der Waals surface area contributed by atoms with Crippen LogP contribution in [0.15, 0.2) is 41.3 Å². The quantitative estimate of drug-likeness (QED) is 0.420. The number of nitrogens with one attached hydrogen (secondary N) is 1. The van der Waals surface area contributed by atoms with E-state index in [2.05, 4.69) is 5.32 Å². The summed E-state index contributed by atoms with van der Waals surface area (Å²) in [6.45, 7) is 2.12. The predicted octanol–water partition coefficient (Wildman–Crippen LogP) is 3.95. The molecule has 174 valence electrons. The lowest BCUT2D eigenvalue weighted by Crippen LogP contribution is -2.36. The molecule has 0 unspecified atom stereocenters. The summed E-state index contributed by atoms with van der Waals surface area (Å²) in [7, 11) is 4.55. The summed E-state index contributed by atoms with van der Waals surface area (Å²) in [6.07, 6.45) is 1.67. The molecule has 1 fully saturated rings. The zero-order chi connectivity index (χ0) is 24.0. The maximum Gasteiger partial charge on any atom is 0.266 e. The van der Waals surface area contributed by atoms with Crippen LogP contribution >= 0.6 is 24.0 Å². The first kappa shape index (κ1) is 24.4. The number of thioether (sulfide) groups is 1. The Kier molecular flexibility index (Phi) is 8.18. The summed E-state index contributed by atoms with van der Waals surface area (Å²) in [5.74, 6) is 1.20. The van der Waals surface area contributed by atoms with Crippen molar-refractivity contribution in [2.75, 3.05) is 39.8 Å². The topological polar surface area (TPSA) is 86.3 Å². The number of methoxy groups -OCH3 is 3. The van der Waals surface area contributed by atoms with Crippen molar-refractivity contribution < 1.29 is 28.5 Å². The van der Waals surface area contributed by atoms with Crippen molar-refractivity contribution in [3.63, 3.8) is 0 Å². The van der Waals surface area contributed by atoms with Gasteiger partial charge in [0.1, 0.15) is 16.6 Å². The molecule has 2 amide bonds. The normalized spacial score (nSPS) is 14.4. The highest BCUT2D eigenvalue weighted by Crippen LogP contribution is 2.40. The number of benzene rings is 2. The summed E-state index contributed by atoms with van der Waals surface area (Å²) in [5, 5.41) is 2.78. The van der Waals surface area contributed by atoms with Gasteiger partial charge in [-0.05, 0) is 42.8 Å². The fourth-order valence-corrected chi connectivity index (χ4v) is 4.41. The highest BCUT2D eigenvalue weighted by Gasteiger charge is 2.33. The number of anilines is 1. The van der Waals surface area contributed by atoms with Crippen molar-refractivity contribution in [3.05, 3.63) is 46.9 Å². The number of hydrogen-bond acceptors (Lipinski definition) is 8. The molecule has 0 aromatic heterocycles. The van der Waals surface area contributed by atoms with Crippen molar-refractivity contribution in [2.24, 2.45) is 0 Å². The zero-order valence-corrected chi connectivity index (χ0v) is 20.3. The molecule has 8 nitrogen and oxygen atoms in total. The molecule has 10 heteroatoms. The first-order chi connectivity index (χ1) is 15.9. The smallest absolute Gasteiger partial charge is 0.266 e. The number of amides is 2. The van der Waals surface area contributed by atoms with Crippen LogP contribution in [0.4, 0.5) is 5.69 Å². The van der Waals surface area contributed by atoms with Gasteiger partial charge in [0.25, 0.3) is 5.91 Å². The number of rotatable bonds is 9. The molecule has 2 aromatic rings. The molecule has 0 bridgehead atoms. The Labute approximate surface area is 201 Å². The van der Waals surface area contributed by atoms with Crippen LogP contribution in [0.1, 0.15) is 12.5 Å². The van der Waals surface area contributed by atoms with Gasteiger partial charge < -0.3 is 24.3 Å². The Morgan fingerprint density at radius 3 is 2.36 bits per heavy atom. The van der Waals surface area contributed by atoms with Crippen LogP contribution in [-0.2, 0) is 9.59 Å². The SMILES string of the molecule is CCOc1ccccc1NC(=O)CN1C(=O)/C(=C\c2cc(OC)c(OC)c(OC)c2)SC1=S. The molecule has 33 heavy (non-hydrogen) atoms. The van der Waals surface area contributed by atoms with Gasteiger partial charge in [0.15, 0.2) is 11.5 Å². The minimum absolute atomic E-state index is 0.211. The van der Waals surface area contributed by atoms with Crippen LogP contribution in [-0.4, -0.2) is 55.5 Å². The monoisotopic (exact) mass is 488 g/mol. The number of hydrogen-bond donors (Lipinski definition) is 1. The molecular weight excluding hydrogens is 464 g/mol. The number of thiocarbonyl (C=S) groups is 1. The van der Waals surface area contributed by atoms with Gasteiger partial charge in [-0.25, -0.2) is 0 Å². The van der Waals surface area contributed by atoms with Gasteiger partial charge in [0.05, 0.1) is 38.5 Å². The van der Waals surface area contributed by atoms with Gasteiger partial charge in [-0.1, -0.05) is 36.1 Å². The van der Waals surface area contributed by atoms with Crippen LogP contribution in [0.5, 0.6) is 23.0 Å². The Bertz CT molecular complexity index is 1080. The molecule has 0 atom stereocenters. The standard InChI is InChI=1S/C23H24N2O6S2/c1-5-31-16-9-7-6-8-15(16)24-20(26)13-25-22(27)19(33-23(25)32)12-14-10-17(28-2)21(30-4)18(11-14)29-3/h6-12H,5,13H2,1-4H3,(H,24,26)/b19-12+. The van der Waals surface area contributed by atoms with E-state index in [9.17, 15) is 9.59 Å². The lowest BCUT2D eigenvalue weighted by atomic mass is 10.1. The van der Waals surface area contributed by atoms with E-state index >= 15 is 0 Å². The van der Waals surface area contributed by atoms with Crippen LogP contribution in [0.25, 0.3) is 6.08 Å². The van der Waals surface area contributed by atoms with Crippen molar-refractivity contribution in [1.82, 2.24) is 4.90 Å². The van der Waals surface area contributed by atoms with E-state index in [0.717, 1.165) is 11.8 Å². The Hall–Kier alpha value is -3.24. The zero-order valence-electron chi connectivity index (χ0n) is 18.7. The Balaban J connectivity index is 1.77. The number of carbonyl (C=O) groups excluding carboxylic acids is 2. The van der Waals surface area contributed by atoms with E-state index in [1.165, 1.54) is 26.2 Å². The molecule has 0 saturated carbocycles. The second kappa shape index (κ2) is 11.1. The van der Waals surface area contributed by atoms with Crippen molar-refractivity contribution in [3.8, 4) is 23.0 Å². The van der Waals surface area contributed by atoms with E-state index < -0.39 is 0 Å². The fraction of sp³-hybridized carbons (Fsp3) is 0.261. The first-order valence-electron chi connectivity index (χ1n) is 9.98. The van der Waals surface area contributed by atoms with Crippen molar-refractivity contribution >= 4 is 51.9 Å². The molecule has 2 aromatic carbocycles. The number of ether oxygens (including phenoxy) is 4. The molecule has 0 aliphatic carbocycles. The second-order valence-electron chi connectivity index (χ2n) is 6.70. The Morgan fingerprint density at radius 1 is 1.09 bits per heavy atom. The van der Waals surface area contributed by atoms with E-state index in [-0.39, 0.29) is 18.4 Å². The highest BCUT2D eigenvalue weighted by atomic mass is 32.2. The summed E-state index contributed by atoms with van der Waals surface area (Å²) in [4.78, 5) is 27.2. The van der Waals surface area contributed by atoms with Crippen molar-refractivity contribution in [2.45, 2.75) is 6.92 Å². The molecule has 1 aliphatic heterocycles. The van der Waals surface area contributed by atoms with Crippen LogP contribution in [0.3, 0.4) is 0 Å². The molecule has 3 rings (SSSR count). The molecular formula is C23H24N2O6S2. The van der Waals surface area contributed by atoms with Gasteiger partial charge in [-0.3, -0.25) is 14.5 Å². The third-order valence-electron chi connectivity index (χ3n) is 4.62. The minimum Gasteiger partial charge on any atom is -0.493 e. The van der Waals surface area contributed by atoms with E-state index in [4.69, 9.17) is 31.2 Å². The van der Waals surface area contributed by atoms with E-state index in [1.807, 2.05) is 13.0 Å². The van der Waals surface area contributed by atoms with Crippen LogP contribution in [0, 0.1) is 0 Å². The molecule has 1 N–H and O–H groups in total. The molecule has 1 heterocycles. The average molecular weight is 489 g/mol. The number of para-hydroxylation sites is 2. The summed E-state index contributed by atoms with van der Waals surface area (Å²) in [6, 6.07) is 10.6. The average Bonchev–Trinajstić information content (AvgIpc) is 3.06. The fourth-order valence-electron chi connectivity index (χ4n) is 3.16. The summed E-state index contributed by atoms with van der Waals surface area (Å²) < 4.78 is 21.9.